The van der Waals surface area contributed by atoms with Crippen LogP contribution in [-0.2, 0) is 11.3 Å². The Kier molecular flexibility index (Phi) is 3.44. The Balaban J connectivity index is 2.02. The van der Waals surface area contributed by atoms with Gasteiger partial charge in [-0.1, -0.05) is 35.9 Å². The number of ether oxygens (including phenoxy) is 1. The number of carbonyl (C=O) groups is 1. The first-order chi connectivity index (χ1) is 10.4. The van der Waals surface area contributed by atoms with Crippen molar-refractivity contribution in [3.05, 3.63) is 59.2 Å². The summed E-state index contributed by atoms with van der Waals surface area (Å²) in [5.41, 5.74) is 3.46. The van der Waals surface area contributed by atoms with E-state index in [9.17, 15) is 4.79 Å². The van der Waals surface area contributed by atoms with E-state index >= 15 is 0 Å². The average Bonchev–Trinajstić information content (AvgIpc) is 2.47. The predicted octanol–water partition coefficient (Wildman–Crippen LogP) is 4.01. The van der Waals surface area contributed by atoms with Crippen LogP contribution in [-0.4, -0.2) is 11.5 Å². The number of hydrogen-bond donors (Lipinski definition) is 0. The summed E-state index contributed by atoms with van der Waals surface area (Å²) in [6.07, 6.45) is 0. The molecule has 0 aliphatic carbocycles. The molecule has 2 aromatic carbocycles. The molecule has 0 aromatic heterocycles. The summed E-state index contributed by atoms with van der Waals surface area (Å²) < 4.78 is 5.88. The third kappa shape index (κ3) is 2.59. The Hall–Kier alpha value is -2.29. The Morgan fingerprint density at radius 3 is 2.32 bits per heavy atom. The number of anilines is 1. The van der Waals surface area contributed by atoms with E-state index in [1.165, 1.54) is 5.56 Å². The molecule has 1 aliphatic heterocycles. The van der Waals surface area contributed by atoms with Gasteiger partial charge in [-0.25, -0.2) is 0 Å². The molecule has 0 fully saturated rings. The van der Waals surface area contributed by atoms with Crippen molar-refractivity contribution in [1.29, 1.82) is 0 Å². The van der Waals surface area contributed by atoms with Crippen molar-refractivity contribution in [2.24, 2.45) is 0 Å². The Morgan fingerprint density at radius 2 is 1.64 bits per heavy atom. The topological polar surface area (TPSA) is 29.5 Å². The molecule has 2 aromatic rings. The summed E-state index contributed by atoms with van der Waals surface area (Å²) in [5, 5.41) is 0. The lowest BCUT2D eigenvalue weighted by molar-refractivity contribution is -0.132. The third-order valence-electron chi connectivity index (χ3n) is 3.99. The lowest BCUT2D eigenvalue weighted by Gasteiger charge is -2.39. The van der Waals surface area contributed by atoms with Gasteiger partial charge >= 0.3 is 0 Å². The van der Waals surface area contributed by atoms with Gasteiger partial charge in [0.2, 0.25) is 0 Å². The van der Waals surface area contributed by atoms with Crippen LogP contribution in [0, 0.1) is 13.8 Å². The molecule has 114 valence electrons. The van der Waals surface area contributed by atoms with Gasteiger partial charge in [0.1, 0.15) is 5.75 Å². The van der Waals surface area contributed by atoms with Crippen molar-refractivity contribution in [1.82, 2.24) is 0 Å². The lowest BCUT2D eigenvalue weighted by atomic mass is 10.0. The third-order valence-corrected chi connectivity index (χ3v) is 3.99. The molecular formula is C19H21NO2. The molecule has 0 spiro atoms. The molecule has 0 saturated heterocycles. The fourth-order valence-electron chi connectivity index (χ4n) is 2.71. The van der Waals surface area contributed by atoms with Crippen LogP contribution in [0.5, 0.6) is 5.75 Å². The van der Waals surface area contributed by atoms with Gasteiger partial charge in [-0.05, 0) is 51.0 Å². The van der Waals surface area contributed by atoms with Crippen LogP contribution >= 0.6 is 0 Å². The number of hydrogen-bond acceptors (Lipinski definition) is 2. The minimum absolute atomic E-state index is 0.00817. The molecule has 22 heavy (non-hydrogen) atoms. The molecule has 3 heteroatoms. The first-order valence-electron chi connectivity index (χ1n) is 7.54. The van der Waals surface area contributed by atoms with E-state index in [1.54, 1.807) is 0 Å². The van der Waals surface area contributed by atoms with Crippen LogP contribution in [0.4, 0.5) is 5.69 Å². The summed E-state index contributed by atoms with van der Waals surface area (Å²) >= 11 is 0. The lowest BCUT2D eigenvalue weighted by Crippen LogP contribution is -2.52. The van der Waals surface area contributed by atoms with E-state index in [0.29, 0.717) is 6.54 Å². The number of carbonyl (C=O) groups excluding carboxylic acids is 1. The second kappa shape index (κ2) is 5.16. The van der Waals surface area contributed by atoms with E-state index < -0.39 is 5.60 Å². The number of amides is 1. The Morgan fingerprint density at radius 1 is 1.00 bits per heavy atom. The van der Waals surface area contributed by atoms with Crippen molar-refractivity contribution in [2.45, 2.75) is 39.8 Å². The zero-order chi connectivity index (χ0) is 15.9. The van der Waals surface area contributed by atoms with E-state index in [2.05, 4.69) is 31.2 Å². The molecule has 1 amide bonds. The highest BCUT2D eigenvalue weighted by Crippen LogP contribution is 2.39. The van der Waals surface area contributed by atoms with Crippen LogP contribution in [0.15, 0.2) is 42.5 Å². The van der Waals surface area contributed by atoms with Crippen LogP contribution < -0.4 is 9.64 Å². The maximum absolute atomic E-state index is 12.8. The zero-order valence-corrected chi connectivity index (χ0v) is 13.5. The smallest absolute Gasteiger partial charge is 0.271 e. The van der Waals surface area contributed by atoms with Gasteiger partial charge < -0.3 is 9.64 Å². The van der Waals surface area contributed by atoms with Crippen LogP contribution in [0.2, 0.25) is 0 Å². The highest BCUT2D eigenvalue weighted by Gasteiger charge is 2.40. The first kappa shape index (κ1) is 14.6. The SMILES string of the molecule is Cc1ccc(CN2C(=O)C(C)(C)Oc3ccc(C)cc32)cc1. The molecule has 0 unspecified atom stereocenters. The van der Waals surface area contributed by atoms with Crippen molar-refractivity contribution in [3.8, 4) is 5.75 Å². The maximum atomic E-state index is 12.8. The Bertz CT molecular complexity index is 717. The summed E-state index contributed by atoms with van der Waals surface area (Å²) in [4.78, 5) is 14.6. The van der Waals surface area contributed by atoms with E-state index in [1.807, 2.05) is 43.9 Å². The summed E-state index contributed by atoms with van der Waals surface area (Å²) in [7, 11) is 0. The number of aryl methyl sites for hydroxylation is 2. The van der Waals surface area contributed by atoms with Crippen LogP contribution in [0.1, 0.15) is 30.5 Å². The number of nitrogens with zero attached hydrogens (tertiary/aromatic N) is 1. The van der Waals surface area contributed by atoms with Gasteiger partial charge in [-0.15, -0.1) is 0 Å². The van der Waals surface area contributed by atoms with Crippen LogP contribution in [0.25, 0.3) is 0 Å². The van der Waals surface area contributed by atoms with Gasteiger partial charge in [0, 0.05) is 0 Å². The summed E-state index contributed by atoms with van der Waals surface area (Å²) in [5.74, 6) is 0.758. The minimum atomic E-state index is -0.840. The minimum Gasteiger partial charge on any atom is -0.476 e. The standard InChI is InChI=1S/C19H21NO2/c1-13-5-8-15(9-6-13)12-20-16-11-14(2)7-10-17(16)22-19(3,4)18(20)21/h5-11H,12H2,1-4H3. The highest BCUT2D eigenvalue weighted by atomic mass is 16.5. The van der Waals surface area contributed by atoms with Crippen molar-refractivity contribution >= 4 is 11.6 Å². The monoisotopic (exact) mass is 295 g/mol. The molecular weight excluding hydrogens is 274 g/mol. The van der Waals surface area contributed by atoms with Gasteiger partial charge in [0.15, 0.2) is 5.60 Å². The van der Waals surface area contributed by atoms with Crippen LogP contribution in [0.3, 0.4) is 0 Å². The molecule has 1 heterocycles. The van der Waals surface area contributed by atoms with Gasteiger partial charge in [0.25, 0.3) is 5.91 Å². The maximum Gasteiger partial charge on any atom is 0.271 e. The molecule has 3 rings (SSSR count). The van der Waals surface area contributed by atoms with Crippen molar-refractivity contribution in [3.63, 3.8) is 0 Å². The molecule has 0 radical (unpaired) electrons. The number of rotatable bonds is 2. The normalized spacial score (nSPS) is 16.2. The second-order valence-electron chi connectivity index (χ2n) is 6.46. The molecule has 0 atom stereocenters. The van der Waals surface area contributed by atoms with Crippen molar-refractivity contribution in [2.75, 3.05) is 4.90 Å². The molecule has 0 saturated carbocycles. The second-order valence-corrected chi connectivity index (χ2v) is 6.46. The largest absolute Gasteiger partial charge is 0.476 e. The quantitative estimate of drug-likeness (QED) is 0.838. The summed E-state index contributed by atoms with van der Waals surface area (Å²) in [6, 6.07) is 14.2. The molecule has 0 N–H and O–H groups in total. The highest BCUT2D eigenvalue weighted by molar-refractivity contribution is 6.02. The average molecular weight is 295 g/mol. The summed E-state index contributed by atoms with van der Waals surface area (Å²) in [6.45, 7) is 8.28. The van der Waals surface area contributed by atoms with Gasteiger partial charge in [0.05, 0.1) is 12.2 Å². The van der Waals surface area contributed by atoms with E-state index in [0.717, 1.165) is 22.6 Å². The van der Waals surface area contributed by atoms with E-state index in [4.69, 9.17) is 4.74 Å². The van der Waals surface area contributed by atoms with Gasteiger partial charge in [-0.3, -0.25) is 4.79 Å². The first-order valence-corrected chi connectivity index (χ1v) is 7.54. The zero-order valence-electron chi connectivity index (χ0n) is 13.5. The van der Waals surface area contributed by atoms with Gasteiger partial charge in [-0.2, -0.15) is 0 Å². The predicted molar refractivity (Wildman–Crippen MR) is 88.3 cm³/mol. The fourth-order valence-corrected chi connectivity index (χ4v) is 2.71. The molecule has 0 bridgehead atoms. The molecule has 3 nitrogen and oxygen atoms in total. The van der Waals surface area contributed by atoms with Crippen molar-refractivity contribution < 1.29 is 9.53 Å². The number of benzene rings is 2. The Labute approximate surface area is 131 Å². The van der Waals surface area contributed by atoms with E-state index in [-0.39, 0.29) is 5.91 Å². The number of fused-ring (bicyclic) bond motifs is 1. The fraction of sp³-hybridized carbons (Fsp3) is 0.316. The molecule has 1 aliphatic rings.